The molecular formula is C25H26N2O5S. The first-order chi connectivity index (χ1) is 15.8. The molecule has 0 spiro atoms. The second-order valence-corrected chi connectivity index (χ2v) is 9.18. The summed E-state index contributed by atoms with van der Waals surface area (Å²) in [7, 11) is -2.21. The van der Waals surface area contributed by atoms with Crippen LogP contribution in [-0.4, -0.2) is 33.8 Å². The molecule has 1 amide bonds. The van der Waals surface area contributed by atoms with E-state index < -0.39 is 10.0 Å². The molecule has 0 aliphatic rings. The molecule has 0 saturated carbocycles. The van der Waals surface area contributed by atoms with Crippen molar-refractivity contribution in [2.75, 3.05) is 13.7 Å². The zero-order valence-electron chi connectivity index (χ0n) is 18.4. The van der Waals surface area contributed by atoms with E-state index in [0.717, 1.165) is 11.1 Å². The van der Waals surface area contributed by atoms with E-state index in [1.165, 1.54) is 31.2 Å². The summed E-state index contributed by atoms with van der Waals surface area (Å²) >= 11 is 0. The van der Waals surface area contributed by atoms with Crippen molar-refractivity contribution in [3.63, 3.8) is 0 Å². The number of nitrogens with one attached hydrogen (secondary N) is 2. The van der Waals surface area contributed by atoms with Crippen molar-refractivity contribution >= 4 is 21.7 Å². The molecule has 33 heavy (non-hydrogen) atoms. The molecule has 2 N–H and O–H groups in total. The van der Waals surface area contributed by atoms with Crippen molar-refractivity contribution < 1.29 is 22.7 Å². The van der Waals surface area contributed by atoms with Crippen LogP contribution in [0.2, 0.25) is 0 Å². The van der Waals surface area contributed by atoms with Gasteiger partial charge in [0, 0.05) is 18.5 Å². The molecule has 0 radical (unpaired) electrons. The van der Waals surface area contributed by atoms with Crippen molar-refractivity contribution in [1.29, 1.82) is 0 Å². The van der Waals surface area contributed by atoms with Crippen molar-refractivity contribution in [1.82, 2.24) is 10.0 Å². The summed E-state index contributed by atoms with van der Waals surface area (Å²) in [6.45, 7) is 1.35. The van der Waals surface area contributed by atoms with Crippen LogP contribution in [0.5, 0.6) is 5.75 Å². The smallest absolute Gasteiger partial charge is 0.240 e. The number of hydrogen-bond acceptors (Lipinski definition) is 5. The number of Topliss-reactive ketones (excluding diaryl/α,β-unsaturated/α-hetero) is 1. The quantitative estimate of drug-likeness (QED) is 0.446. The Morgan fingerprint density at radius 3 is 2.06 bits per heavy atom. The molecule has 0 fully saturated rings. The second kappa shape index (κ2) is 10.9. The van der Waals surface area contributed by atoms with Gasteiger partial charge >= 0.3 is 0 Å². The van der Waals surface area contributed by atoms with Crippen molar-refractivity contribution in [2.24, 2.45) is 0 Å². The maximum absolute atomic E-state index is 12.7. The van der Waals surface area contributed by atoms with Crippen LogP contribution in [0.1, 0.15) is 40.9 Å². The summed E-state index contributed by atoms with van der Waals surface area (Å²) in [5.41, 5.74) is 2.21. The number of sulfonamides is 1. The number of carbonyl (C=O) groups excluding carboxylic acids is 2. The Labute approximate surface area is 193 Å². The lowest BCUT2D eigenvalue weighted by Crippen LogP contribution is -2.33. The predicted molar refractivity (Wildman–Crippen MR) is 126 cm³/mol. The van der Waals surface area contributed by atoms with Crippen LogP contribution in [0, 0.1) is 0 Å². The molecule has 0 saturated heterocycles. The minimum Gasteiger partial charge on any atom is -0.497 e. The van der Waals surface area contributed by atoms with Gasteiger partial charge in [-0.2, -0.15) is 0 Å². The zero-order valence-corrected chi connectivity index (χ0v) is 19.3. The maximum atomic E-state index is 12.7. The lowest BCUT2D eigenvalue weighted by Gasteiger charge is -2.20. The van der Waals surface area contributed by atoms with Gasteiger partial charge in [-0.15, -0.1) is 0 Å². The van der Waals surface area contributed by atoms with Crippen LogP contribution in [-0.2, 0) is 14.8 Å². The fraction of sp³-hybridized carbons (Fsp3) is 0.200. The summed E-state index contributed by atoms with van der Waals surface area (Å²) in [6.07, 6.45) is -0.0375. The molecular weight excluding hydrogens is 440 g/mol. The van der Waals surface area contributed by atoms with Gasteiger partial charge in [0.25, 0.3) is 0 Å². The molecule has 0 aromatic heterocycles. The van der Waals surface area contributed by atoms with Crippen molar-refractivity contribution in [3.05, 3.63) is 95.6 Å². The average molecular weight is 467 g/mol. The Kier molecular flexibility index (Phi) is 7.97. The Bertz CT molecular complexity index is 1190. The summed E-state index contributed by atoms with van der Waals surface area (Å²) in [5.74, 6) is 0.269. The monoisotopic (exact) mass is 466 g/mol. The molecule has 3 aromatic rings. The number of rotatable bonds is 10. The molecule has 3 rings (SSSR count). The van der Waals surface area contributed by atoms with E-state index in [-0.39, 0.29) is 35.6 Å². The summed E-state index contributed by atoms with van der Waals surface area (Å²) in [4.78, 5) is 24.1. The lowest BCUT2D eigenvalue weighted by molar-refractivity contribution is -0.121. The fourth-order valence-corrected chi connectivity index (χ4v) is 4.32. The van der Waals surface area contributed by atoms with Gasteiger partial charge in [0.05, 0.1) is 18.0 Å². The van der Waals surface area contributed by atoms with Crippen molar-refractivity contribution in [2.45, 2.75) is 24.3 Å². The largest absolute Gasteiger partial charge is 0.497 e. The predicted octanol–water partition coefficient (Wildman–Crippen LogP) is 3.47. The highest BCUT2D eigenvalue weighted by atomic mass is 32.2. The van der Waals surface area contributed by atoms with Crippen LogP contribution < -0.4 is 14.8 Å². The maximum Gasteiger partial charge on any atom is 0.240 e. The van der Waals surface area contributed by atoms with Gasteiger partial charge in [-0.3, -0.25) is 9.59 Å². The normalized spacial score (nSPS) is 12.1. The lowest BCUT2D eigenvalue weighted by atomic mass is 9.98. The molecule has 1 atom stereocenters. The number of benzene rings is 3. The van der Waals surface area contributed by atoms with E-state index >= 15 is 0 Å². The minimum absolute atomic E-state index is 0.0355. The number of hydrogen-bond donors (Lipinski definition) is 2. The van der Waals surface area contributed by atoms with Gasteiger partial charge in [-0.1, -0.05) is 54.6 Å². The van der Waals surface area contributed by atoms with Gasteiger partial charge in [-0.25, -0.2) is 13.1 Å². The third-order valence-electron chi connectivity index (χ3n) is 5.10. The van der Waals surface area contributed by atoms with Crippen LogP contribution >= 0.6 is 0 Å². The molecule has 8 heteroatoms. The van der Waals surface area contributed by atoms with Gasteiger partial charge in [0.1, 0.15) is 5.75 Å². The standard InChI is InChI=1S/C25H26N2O5S/c1-18(28)19-10-14-23(15-11-19)33(30,31)26-17-16-24(29)27-25(20-6-4-3-5-7-20)21-8-12-22(32-2)13-9-21/h3-15,25-26H,16-17H2,1-2H3,(H,27,29)/t25-/m1/s1. The molecule has 0 unspecified atom stereocenters. The van der Waals surface area contributed by atoms with E-state index in [1.807, 2.05) is 54.6 Å². The molecule has 0 bridgehead atoms. The number of ketones is 1. The SMILES string of the molecule is COc1ccc([C@H](NC(=O)CCNS(=O)(=O)c2ccc(C(C)=O)cc2)c2ccccc2)cc1. The molecule has 0 heterocycles. The van der Waals surface area contributed by atoms with Crippen LogP contribution in [0.3, 0.4) is 0 Å². The topological polar surface area (TPSA) is 102 Å². The van der Waals surface area contributed by atoms with E-state index in [2.05, 4.69) is 10.0 Å². The number of methoxy groups -OCH3 is 1. The Morgan fingerprint density at radius 2 is 1.48 bits per heavy atom. The van der Waals surface area contributed by atoms with E-state index in [9.17, 15) is 18.0 Å². The molecule has 0 aliphatic heterocycles. The third kappa shape index (κ3) is 6.50. The van der Waals surface area contributed by atoms with Gasteiger partial charge in [0.15, 0.2) is 5.78 Å². The summed E-state index contributed by atoms with van der Waals surface area (Å²) in [5, 5.41) is 2.98. The first-order valence-electron chi connectivity index (χ1n) is 10.4. The second-order valence-electron chi connectivity index (χ2n) is 7.41. The summed E-state index contributed by atoms with van der Waals surface area (Å²) < 4.78 is 32.6. The first-order valence-corrected chi connectivity index (χ1v) is 11.9. The molecule has 7 nitrogen and oxygen atoms in total. The molecule has 0 aliphatic carbocycles. The van der Waals surface area contributed by atoms with Crippen molar-refractivity contribution in [3.8, 4) is 5.75 Å². The minimum atomic E-state index is -3.79. The highest BCUT2D eigenvalue weighted by molar-refractivity contribution is 7.89. The highest BCUT2D eigenvalue weighted by Crippen LogP contribution is 2.24. The van der Waals surface area contributed by atoms with Crippen LogP contribution in [0.4, 0.5) is 0 Å². The zero-order chi connectivity index (χ0) is 23.8. The number of ether oxygens (including phenoxy) is 1. The van der Waals surface area contributed by atoms with Gasteiger partial charge in [-0.05, 0) is 42.3 Å². The molecule has 3 aromatic carbocycles. The number of carbonyl (C=O) groups is 2. The van der Waals surface area contributed by atoms with Gasteiger partial charge < -0.3 is 10.1 Å². The summed E-state index contributed by atoms with van der Waals surface area (Å²) in [6, 6.07) is 22.2. The van der Waals surface area contributed by atoms with Crippen LogP contribution in [0.15, 0.2) is 83.8 Å². The van der Waals surface area contributed by atoms with E-state index in [0.29, 0.717) is 11.3 Å². The van der Waals surface area contributed by atoms with Crippen LogP contribution in [0.25, 0.3) is 0 Å². The van der Waals surface area contributed by atoms with E-state index in [4.69, 9.17) is 4.74 Å². The Hall–Kier alpha value is -3.49. The highest BCUT2D eigenvalue weighted by Gasteiger charge is 2.18. The fourth-order valence-electron chi connectivity index (χ4n) is 3.29. The van der Waals surface area contributed by atoms with E-state index in [1.54, 1.807) is 7.11 Å². The first kappa shape index (κ1) is 24.2. The Morgan fingerprint density at radius 1 is 0.879 bits per heavy atom. The average Bonchev–Trinajstić information content (AvgIpc) is 2.83. The number of amides is 1. The third-order valence-corrected chi connectivity index (χ3v) is 6.58. The Balaban J connectivity index is 1.64. The molecule has 172 valence electrons. The van der Waals surface area contributed by atoms with Gasteiger partial charge in [0.2, 0.25) is 15.9 Å².